The summed E-state index contributed by atoms with van der Waals surface area (Å²) >= 11 is 0. The Morgan fingerprint density at radius 3 is 2.55 bits per heavy atom. The largest absolute Gasteiger partial charge is 0.464 e. The molecular formula is C16H19NO2S. The van der Waals surface area contributed by atoms with Crippen molar-refractivity contribution in [2.45, 2.75) is 36.9 Å². The lowest BCUT2D eigenvalue weighted by atomic mass is 10.2. The SMILES string of the molecule is O=S(Cc1ccccc1)Cc1ccc(CNC2CC2)o1. The minimum atomic E-state index is -0.923. The van der Waals surface area contributed by atoms with Crippen molar-refractivity contribution in [1.82, 2.24) is 5.32 Å². The third-order valence-electron chi connectivity index (χ3n) is 3.33. The molecule has 1 aliphatic carbocycles. The molecule has 4 heteroatoms. The van der Waals surface area contributed by atoms with E-state index in [4.69, 9.17) is 4.42 Å². The van der Waals surface area contributed by atoms with E-state index in [2.05, 4.69) is 5.32 Å². The molecule has 106 valence electrons. The van der Waals surface area contributed by atoms with Crippen molar-refractivity contribution in [3.63, 3.8) is 0 Å². The lowest BCUT2D eigenvalue weighted by Gasteiger charge is -2.01. The second-order valence-corrected chi connectivity index (χ2v) is 6.69. The van der Waals surface area contributed by atoms with Crippen molar-refractivity contribution in [2.24, 2.45) is 0 Å². The summed E-state index contributed by atoms with van der Waals surface area (Å²) in [7, 11) is -0.923. The van der Waals surface area contributed by atoms with E-state index in [9.17, 15) is 4.21 Å². The number of furan rings is 1. The van der Waals surface area contributed by atoms with Crippen molar-refractivity contribution >= 4 is 10.8 Å². The first-order valence-corrected chi connectivity index (χ1v) is 8.48. The molecule has 0 bridgehead atoms. The molecule has 1 N–H and O–H groups in total. The minimum Gasteiger partial charge on any atom is -0.464 e. The van der Waals surface area contributed by atoms with E-state index in [1.807, 2.05) is 42.5 Å². The highest BCUT2D eigenvalue weighted by atomic mass is 32.2. The molecule has 1 aromatic carbocycles. The first kappa shape index (κ1) is 13.6. The summed E-state index contributed by atoms with van der Waals surface area (Å²) in [5.74, 6) is 2.81. The number of benzene rings is 1. The van der Waals surface area contributed by atoms with Gasteiger partial charge in [0.25, 0.3) is 0 Å². The second kappa shape index (κ2) is 6.37. The third kappa shape index (κ3) is 4.05. The van der Waals surface area contributed by atoms with Gasteiger partial charge in [-0.25, -0.2) is 0 Å². The van der Waals surface area contributed by atoms with Crippen LogP contribution in [0.3, 0.4) is 0 Å². The van der Waals surface area contributed by atoms with Crippen LogP contribution in [-0.2, 0) is 28.9 Å². The van der Waals surface area contributed by atoms with Crippen LogP contribution in [0.25, 0.3) is 0 Å². The zero-order valence-corrected chi connectivity index (χ0v) is 12.2. The zero-order chi connectivity index (χ0) is 13.8. The van der Waals surface area contributed by atoms with Crippen LogP contribution in [0, 0.1) is 0 Å². The molecule has 2 aromatic rings. The third-order valence-corrected chi connectivity index (χ3v) is 4.60. The van der Waals surface area contributed by atoms with E-state index in [1.165, 1.54) is 12.8 Å². The van der Waals surface area contributed by atoms with Gasteiger partial charge < -0.3 is 9.73 Å². The molecule has 1 atom stereocenters. The molecule has 1 fully saturated rings. The molecule has 3 nitrogen and oxygen atoms in total. The Morgan fingerprint density at radius 1 is 1.05 bits per heavy atom. The van der Waals surface area contributed by atoms with Gasteiger partial charge in [0.15, 0.2) is 0 Å². The molecule has 1 heterocycles. The molecular weight excluding hydrogens is 270 g/mol. The molecule has 0 radical (unpaired) electrons. The quantitative estimate of drug-likeness (QED) is 0.852. The normalized spacial score (nSPS) is 16.2. The lowest BCUT2D eigenvalue weighted by molar-refractivity contribution is 0.457. The molecule has 0 amide bonds. The average Bonchev–Trinajstić information content (AvgIpc) is 3.18. The van der Waals surface area contributed by atoms with Crippen LogP contribution >= 0.6 is 0 Å². The van der Waals surface area contributed by atoms with Gasteiger partial charge in [0.05, 0.1) is 12.3 Å². The maximum absolute atomic E-state index is 12.1. The number of hydrogen-bond donors (Lipinski definition) is 1. The monoisotopic (exact) mass is 289 g/mol. The van der Waals surface area contributed by atoms with Gasteiger partial charge in [0.2, 0.25) is 0 Å². The van der Waals surface area contributed by atoms with Crippen molar-refractivity contribution in [2.75, 3.05) is 0 Å². The van der Waals surface area contributed by atoms with Gasteiger partial charge in [0.1, 0.15) is 11.5 Å². The van der Waals surface area contributed by atoms with Gasteiger partial charge >= 0.3 is 0 Å². The van der Waals surface area contributed by atoms with Gasteiger partial charge in [-0.3, -0.25) is 4.21 Å². The molecule has 0 spiro atoms. The fourth-order valence-corrected chi connectivity index (χ4v) is 3.24. The smallest absolute Gasteiger partial charge is 0.118 e. The van der Waals surface area contributed by atoms with E-state index in [0.717, 1.165) is 23.6 Å². The Labute approximate surface area is 121 Å². The first-order valence-electron chi connectivity index (χ1n) is 6.99. The highest BCUT2D eigenvalue weighted by molar-refractivity contribution is 7.83. The predicted molar refractivity (Wildman–Crippen MR) is 80.6 cm³/mol. The fraction of sp³-hybridized carbons (Fsp3) is 0.375. The van der Waals surface area contributed by atoms with Crippen LogP contribution in [0.4, 0.5) is 0 Å². The van der Waals surface area contributed by atoms with Crippen molar-refractivity contribution < 1.29 is 8.63 Å². The number of nitrogens with one attached hydrogen (secondary N) is 1. The summed E-state index contributed by atoms with van der Waals surface area (Å²) < 4.78 is 17.8. The van der Waals surface area contributed by atoms with E-state index < -0.39 is 10.8 Å². The maximum atomic E-state index is 12.1. The van der Waals surface area contributed by atoms with Crippen LogP contribution in [0.1, 0.15) is 29.9 Å². The Balaban J connectivity index is 1.50. The summed E-state index contributed by atoms with van der Waals surface area (Å²) in [6, 6.07) is 14.5. The van der Waals surface area contributed by atoms with Crippen molar-refractivity contribution in [3.05, 3.63) is 59.5 Å². The van der Waals surface area contributed by atoms with Gasteiger partial charge in [0, 0.05) is 22.6 Å². The Kier molecular flexibility index (Phi) is 4.33. The molecule has 1 aliphatic rings. The fourth-order valence-electron chi connectivity index (χ4n) is 2.10. The average molecular weight is 289 g/mol. The number of hydrogen-bond acceptors (Lipinski definition) is 3. The van der Waals surface area contributed by atoms with Gasteiger partial charge in [-0.15, -0.1) is 0 Å². The number of rotatable bonds is 7. The molecule has 0 aliphatic heterocycles. The van der Waals surface area contributed by atoms with Gasteiger partial charge in [-0.1, -0.05) is 30.3 Å². The van der Waals surface area contributed by atoms with Crippen molar-refractivity contribution in [3.8, 4) is 0 Å². The summed E-state index contributed by atoms with van der Waals surface area (Å²) in [5.41, 5.74) is 1.10. The maximum Gasteiger partial charge on any atom is 0.118 e. The summed E-state index contributed by atoms with van der Waals surface area (Å²) in [6.07, 6.45) is 2.54. The Hall–Kier alpha value is -1.39. The van der Waals surface area contributed by atoms with Crippen LogP contribution in [0.15, 0.2) is 46.9 Å². The topological polar surface area (TPSA) is 42.2 Å². The van der Waals surface area contributed by atoms with E-state index in [1.54, 1.807) is 0 Å². The van der Waals surface area contributed by atoms with E-state index in [-0.39, 0.29) is 0 Å². The second-order valence-electron chi connectivity index (χ2n) is 5.24. The lowest BCUT2D eigenvalue weighted by Crippen LogP contribution is -2.14. The van der Waals surface area contributed by atoms with Crippen LogP contribution in [0.5, 0.6) is 0 Å². The molecule has 20 heavy (non-hydrogen) atoms. The molecule has 1 unspecified atom stereocenters. The predicted octanol–water partition coefficient (Wildman–Crippen LogP) is 2.98. The van der Waals surface area contributed by atoms with E-state index >= 15 is 0 Å². The Morgan fingerprint density at radius 2 is 1.80 bits per heavy atom. The molecule has 1 saturated carbocycles. The van der Waals surface area contributed by atoms with Gasteiger partial charge in [-0.2, -0.15) is 0 Å². The first-order chi connectivity index (χ1) is 9.79. The standard InChI is InChI=1S/C16H19NO2S/c18-20(11-13-4-2-1-3-5-13)12-16-9-8-15(19-16)10-17-14-6-7-14/h1-5,8-9,14,17H,6-7,10-12H2. The highest BCUT2D eigenvalue weighted by Crippen LogP contribution is 2.20. The summed E-state index contributed by atoms with van der Waals surface area (Å²) in [4.78, 5) is 0. The molecule has 1 aromatic heterocycles. The molecule has 3 rings (SSSR count). The summed E-state index contributed by atoms with van der Waals surface area (Å²) in [6.45, 7) is 0.774. The van der Waals surface area contributed by atoms with Gasteiger partial charge in [-0.05, 0) is 30.5 Å². The molecule has 0 saturated heterocycles. The van der Waals surface area contributed by atoms with E-state index in [0.29, 0.717) is 17.5 Å². The van der Waals surface area contributed by atoms with Crippen LogP contribution in [0.2, 0.25) is 0 Å². The minimum absolute atomic E-state index is 0.484. The van der Waals surface area contributed by atoms with Crippen molar-refractivity contribution in [1.29, 1.82) is 0 Å². The van der Waals surface area contributed by atoms with Crippen LogP contribution < -0.4 is 5.32 Å². The van der Waals surface area contributed by atoms with Crippen LogP contribution in [-0.4, -0.2) is 10.3 Å². The highest BCUT2D eigenvalue weighted by Gasteiger charge is 2.20. The zero-order valence-electron chi connectivity index (χ0n) is 11.4. The summed E-state index contributed by atoms with van der Waals surface area (Å²) in [5, 5.41) is 3.41. The Bertz CT molecular complexity index is 575.